The van der Waals surface area contributed by atoms with Crippen LogP contribution in [0.5, 0.6) is 5.95 Å². The van der Waals surface area contributed by atoms with Crippen molar-refractivity contribution < 1.29 is 28.6 Å². The summed E-state index contributed by atoms with van der Waals surface area (Å²) in [5.74, 6) is -0.747. The summed E-state index contributed by atoms with van der Waals surface area (Å²) in [5.41, 5.74) is 1.46. The number of aromatic nitrogens is 2. The summed E-state index contributed by atoms with van der Waals surface area (Å²) in [4.78, 5) is 26.4. The number of amides is 1. The maximum atomic E-state index is 12.7. The normalized spacial score (nSPS) is 17.1. The summed E-state index contributed by atoms with van der Waals surface area (Å²) in [5, 5.41) is 18.3. The summed E-state index contributed by atoms with van der Waals surface area (Å²) in [6.45, 7) is 5.90. The largest absolute Gasteiger partial charge is 0.538 e. The second-order valence-electron chi connectivity index (χ2n) is 6.81. The molecule has 1 aliphatic carbocycles. The van der Waals surface area contributed by atoms with Crippen molar-refractivity contribution in [3.8, 4) is 5.95 Å². The average Bonchev–Trinajstić information content (AvgIpc) is 3.15. The number of hydrogen-bond acceptors (Lipinski definition) is 8. The maximum absolute atomic E-state index is 12.7. The van der Waals surface area contributed by atoms with E-state index in [1.807, 2.05) is 0 Å². The summed E-state index contributed by atoms with van der Waals surface area (Å²) in [6.07, 6.45) is 2.70. The Morgan fingerprint density at radius 3 is 2.93 bits per heavy atom. The third kappa shape index (κ3) is 4.17. The molecule has 8 nitrogen and oxygen atoms in total. The molecule has 0 aliphatic heterocycles. The highest BCUT2D eigenvalue weighted by atomic mass is 32.2. The predicted molar refractivity (Wildman–Crippen MR) is 103 cm³/mol. The van der Waals surface area contributed by atoms with Gasteiger partial charge in [-0.2, -0.15) is 0 Å². The molecule has 0 spiro atoms. The molecule has 2 aromatic rings. The van der Waals surface area contributed by atoms with Gasteiger partial charge in [-0.05, 0) is 56.4 Å². The van der Waals surface area contributed by atoms with Crippen LogP contribution >= 0.6 is 23.1 Å². The minimum atomic E-state index is -0.583. The van der Waals surface area contributed by atoms with Crippen molar-refractivity contribution in [2.24, 2.45) is 13.0 Å². The third-order valence-electron chi connectivity index (χ3n) is 4.60. The molecule has 2 aromatic heterocycles. The standard InChI is InChI=1S/C18H23N3O5S2/c1-5-25-17(23)13-11-7-6-9(2)8-12(11)28-15(13)19-14(22)10(3)27-16-18(24)26-20-21(16)4/h9-10H,5-8H2,1-4H3,(H-,19,20,22,23,24). The molecule has 0 fully saturated rings. The Kier molecular flexibility index (Phi) is 6.29. The fourth-order valence-electron chi connectivity index (χ4n) is 3.12. The predicted octanol–water partition coefficient (Wildman–Crippen LogP) is 2.06. The second-order valence-corrected chi connectivity index (χ2v) is 9.25. The van der Waals surface area contributed by atoms with Crippen molar-refractivity contribution in [1.82, 2.24) is 5.27 Å². The first-order valence-corrected chi connectivity index (χ1v) is 10.8. The lowest BCUT2D eigenvalue weighted by Gasteiger charge is -2.18. The van der Waals surface area contributed by atoms with Gasteiger partial charge in [0, 0.05) is 4.88 Å². The van der Waals surface area contributed by atoms with Crippen molar-refractivity contribution in [3.63, 3.8) is 0 Å². The van der Waals surface area contributed by atoms with Crippen LogP contribution in [0.4, 0.5) is 5.00 Å². The molecule has 0 saturated carbocycles. The van der Waals surface area contributed by atoms with Crippen LogP contribution in [0, 0.1) is 5.92 Å². The minimum absolute atomic E-state index is 0.243. The van der Waals surface area contributed by atoms with Crippen LogP contribution in [-0.2, 0) is 29.4 Å². The monoisotopic (exact) mass is 425 g/mol. The van der Waals surface area contributed by atoms with Crippen molar-refractivity contribution in [3.05, 3.63) is 16.0 Å². The van der Waals surface area contributed by atoms with Crippen LogP contribution in [0.1, 0.15) is 48.0 Å². The van der Waals surface area contributed by atoms with Gasteiger partial charge in [-0.15, -0.1) is 11.3 Å². The van der Waals surface area contributed by atoms with E-state index in [4.69, 9.17) is 4.74 Å². The van der Waals surface area contributed by atoms with E-state index >= 15 is 0 Å². The van der Waals surface area contributed by atoms with Gasteiger partial charge < -0.3 is 19.7 Å². The van der Waals surface area contributed by atoms with Gasteiger partial charge >= 0.3 is 5.97 Å². The fraction of sp³-hybridized carbons (Fsp3) is 0.556. The summed E-state index contributed by atoms with van der Waals surface area (Å²) in [7, 11) is 1.57. The van der Waals surface area contributed by atoms with Crippen LogP contribution < -0.4 is 15.1 Å². The zero-order valence-electron chi connectivity index (χ0n) is 16.2. The number of nitrogens with one attached hydrogen (secondary N) is 1. The number of carbonyl (C=O) groups is 2. The number of fused-ring (bicyclic) bond motifs is 1. The molecule has 152 valence electrons. The van der Waals surface area contributed by atoms with E-state index in [-0.39, 0.29) is 17.5 Å². The number of thioether (sulfide) groups is 1. The fourth-order valence-corrected chi connectivity index (χ4v) is 5.35. The lowest BCUT2D eigenvalue weighted by atomic mass is 9.88. The van der Waals surface area contributed by atoms with E-state index in [1.165, 1.54) is 16.0 Å². The Balaban J connectivity index is 1.82. The second kappa shape index (κ2) is 8.52. The number of nitrogens with zero attached hydrogens (tertiary/aromatic N) is 2. The first kappa shape index (κ1) is 20.7. The minimum Gasteiger partial charge on any atom is -0.538 e. The zero-order valence-corrected chi connectivity index (χ0v) is 17.9. The number of aryl methyl sites for hydroxylation is 1. The molecule has 28 heavy (non-hydrogen) atoms. The lowest BCUT2D eigenvalue weighted by Crippen LogP contribution is -2.33. The molecular formula is C18H23N3O5S2. The molecule has 1 N–H and O–H groups in total. The molecule has 2 heterocycles. The summed E-state index contributed by atoms with van der Waals surface area (Å²) in [6, 6.07) is 0. The van der Waals surface area contributed by atoms with E-state index in [1.54, 1.807) is 20.9 Å². The Bertz CT molecular complexity index is 873. The van der Waals surface area contributed by atoms with E-state index in [2.05, 4.69) is 22.0 Å². The number of anilines is 1. The zero-order chi connectivity index (χ0) is 20.4. The van der Waals surface area contributed by atoms with Gasteiger partial charge in [0.2, 0.25) is 5.91 Å². The highest BCUT2D eigenvalue weighted by Crippen LogP contribution is 2.40. The molecule has 2 atom stereocenters. The number of ether oxygens (including phenoxy) is 1. The third-order valence-corrected chi connectivity index (χ3v) is 6.99. The summed E-state index contributed by atoms with van der Waals surface area (Å²) < 4.78 is 11.1. The van der Waals surface area contributed by atoms with Gasteiger partial charge in [-0.1, -0.05) is 11.6 Å². The molecule has 0 saturated heterocycles. The number of rotatable bonds is 6. The van der Waals surface area contributed by atoms with Gasteiger partial charge in [-0.3, -0.25) is 4.79 Å². The number of carbonyl (C=O) groups excluding carboxylic acids is 2. The van der Waals surface area contributed by atoms with Gasteiger partial charge in [0.1, 0.15) is 5.00 Å². The first-order chi connectivity index (χ1) is 13.3. The Hall–Kier alpha value is -2.07. The van der Waals surface area contributed by atoms with Gasteiger partial charge in [0.25, 0.3) is 5.03 Å². The van der Waals surface area contributed by atoms with Crippen LogP contribution in [0.25, 0.3) is 0 Å². The van der Waals surface area contributed by atoms with E-state index < -0.39 is 17.2 Å². The molecule has 2 unspecified atom stereocenters. The molecule has 3 rings (SSSR count). The van der Waals surface area contributed by atoms with Crippen LogP contribution in [0.15, 0.2) is 9.55 Å². The van der Waals surface area contributed by atoms with Gasteiger partial charge in [0.05, 0.1) is 22.7 Å². The molecule has 0 aromatic carbocycles. The molecule has 1 amide bonds. The van der Waals surface area contributed by atoms with Crippen molar-refractivity contribution in [2.75, 3.05) is 11.9 Å². The highest BCUT2D eigenvalue weighted by Gasteiger charge is 2.30. The van der Waals surface area contributed by atoms with Crippen LogP contribution in [-0.4, -0.2) is 29.0 Å². The van der Waals surface area contributed by atoms with Crippen molar-refractivity contribution in [1.29, 1.82) is 0 Å². The number of esters is 1. The molecule has 0 radical (unpaired) electrons. The molecular weight excluding hydrogens is 402 g/mol. The quantitative estimate of drug-likeness (QED) is 0.429. The SMILES string of the molecule is CCOC(=O)c1c(NC(=O)C(C)Sc2c([O-])on[n+]2C)sc2c1CCC(C)C2. The van der Waals surface area contributed by atoms with E-state index in [0.717, 1.165) is 41.5 Å². The molecule has 0 bridgehead atoms. The van der Waals surface area contributed by atoms with Crippen LogP contribution in [0.3, 0.4) is 0 Å². The number of hydrogen-bond donors (Lipinski definition) is 1. The lowest BCUT2D eigenvalue weighted by molar-refractivity contribution is -0.772. The average molecular weight is 426 g/mol. The smallest absolute Gasteiger partial charge is 0.341 e. The van der Waals surface area contributed by atoms with Gasteiger partial charge in [0.15, 0.2) is 13.0 Å². The molecule has 1 aliphatic rings. The Morgan fingerprint density at radius 1 is 1.54 bits per heavy atom. The Morgan fingerprint density at radius 2 is 2.29 bits per heavy atom. The van der Waals surface area contributed by atoms with Crippen molar-refractivity contribution in [2.45, 2.75) is 50.3 Å². The first-order valence-electron chi connectivity index (χ1n) is 9.13. The van der Waals surface area contributed by atoms with Crippen molar-refractivity contribution >= 4 is 40.0 Å². The van der Waals surface area contributed by atoms with E-state index in [9.17, 15) is 14.7 Å². The van der Waals surface area contributed by atoms with E-state index in [0.29, 0.717) is 16.5 Å². The summed E-state index contributed by atoms with van der Waals surface area (Å²) >= 11 is 2.50. The van der Waals surface area contributed by atoms with Crippen LogP contribution in [0.2, 0.25) is 0 Å². The van der Waals surface area contributed by atoms with Gasteiger partial charge in [-0.25, -0.2) is 4.79 Å². The number of thiophene rings is 1. The highest BCUT2D eigenvalue weighted by molar-refractivity contribution is 8.00. The molecule has 10 heteroatoms. The maximum Gasteiger partial charge on any atom is 0.341 e. The Labute approximate surface area is 171 Å². The topological polar surface area (TPSA) is 108 Å².